The van der Waals surface area contributed by atoms with Crippen LogP contribution in [0.25, 0.3) is 0 Å². The highest BCUT2D eigenvalue weighted by Gasteiger charge is 2.56. The van der Waals surface area contributed by atoms with Crippen LogP contribution >= 0.6 is 23.1 Å². The number of nitro benzene ring substituents is 1. The molecule has 3 amide bonds. The van der Waals surface area contributed by atoms with E-state index in [-0.39, 0.29) is 40.1 Å². The number of anilines is 2. The van der Waals surface area contributed by atoms with Crippen molar-refractivity contribution in [1.29, 1.82) is 0 Å². The number of nitro groups is 1. The summed E-state index contributed by atoms with van der Waals surface area (Å²) in [5.41, 5.74) is 1.09. The number of carbonyl (C=O) groups excluding carboxylic acids is 3. The number of aromatic hydroxyl groups is 1. The van der Waals surface area contributed by atoms with Gasteiger partial charge >= 0.3 is 4.87 Å². The molecule has 3 atom stereocenters. The van der Waals surface area contributed by atoms with Gasteiger partial charge in [-0.1, -0.05) is 29.2 Å². The van der Waals surface area contributed by atoms with Gasteiger partial charge in [0.15, 0.2) is 18.1 Å². The fourth-order valence-corrected chi connectivity index (χ4v) is 7.75. The molecule has 3 heterocycles. The highest BCUT2D eigenvalue weighted by Crippen LogP contribution is 2.53. The van der Waals surface area contributed by atoms with E-state index in [0.29, 0.717) is 21.2 Å². The Hall–Kier alpha value is -5.15. The van der Waals surface area contributed by atoms with Crippen molar-refractivity contribution in [3.63, 3.8) is 0 Å². The molecule has 44 heavy (non-hydrogen) atoms. The summed E-state index contributed by atoms with van der Waals surface area (Å²) in [6.45, 7) is -0.345. The van der Waals surface area contributed by atoms with Crippen LogP contribution in [0.15, 0.2) is 76.6 Å². The summed E-state index contributed by atoms with van der Waals surface area (Å²) in [6.07, 6.45) is 0. The minimum absolute atomic E-state index is 0.0636. The van der Waals surface area contributed by atoms with Crippen LogP contribution in [0, 0.1) is 16.0 Å². The fourth-order valence-electron chi connectivity index (χ4n) is 5.24. The first-order chi connectivity index (χ1) is 21.1. The molecule has 1 saturated heterocycles. The van der Waals surface area contributed by atoms with Gasteiger partial charge < -0.3 is 24.9 Å². The van der Waals surface area contributed by atoms with Crippen molar-refractivity contribution in [2.24, 2.45) is 5.92 Å². The predicted octanol–water partition coefficient (Wildman–Crippen LogP) is 3.87. The summed E-state index contributed by atoms with van der Waals surface area (Å²) in [5, 5.41) is 22.8. The molecule has 224 valence electrons. The zero-order chi connectivity index (χ0) is 31.1. The molecule has 2 aliphatic rings. The van der Waals surface area contributed by atoms with Gasteiger partial charge in [0.05, 0.1) is 28.7 Å². The molecular formula is C29H22N4O9S2. The summed E-state index contributed by atoms with van der Waals surface area (Å²) in [5.74, 6) is -2.43. The number of hydrogen-bond acceptors (Lipinski definition) is 11. The summed E-state index contributed by atoms with van der Waals surface area (Å²) in [6, 6.07) is 16.0. The highest BCUT2D eigenvalue weighted by molar-refractivity contribution is 8.00. The number of hydrogen-bond donors (Lipinski definition) is 3. The Morgan fingerprint density at radius 1 is 1.05 bits per heavy atom. The molecule has 0 radical (unpaired) electrons. The van der Waals surface area contributed by atoms with E-state index in [1.54, 1.807) is 30.3 Å². The van der Waals surface area contributed by atoms with Gasteiger partial charge in [0.2, 0.25) is 11.8 Å². The number of thiazole rings is 1. The van der Waals surface area contributed by atoms with Crippen molar-refractivity contribution < 1.29 is 33.9 Å². The van der Waals surface area contributed by atoms with E-state index in [9.17, 15) is 34.4 Å². The van der Waals surface area contributed by atoms with Crippen molar-refractivity contribution in [2.75, 3.05) is 23.9 Å². The van der Waals surface area contributed by atoms with E-state index in [0.717, 1.165) is 28.0 Å². The summed E-state index contributed by atoms with van der Waals surface area (Å²) >= 11 is 2.06. The summed E-state index contributed by atoms with van der Waals surface area (Å²) < 4.78 is 11.2. The Kier molecular flexibility index (Phi) is 7.57. The van der Waals surface area contributed by atoms with Crippen molar-refractivity contribution in [3.05, 3.63) is 97.0 Å². The molecule has 2 aliphatic heterocycles. The number of phenols is 1. The predicted molar refractivity (Wildman–Crippen MR) is 161 cm³/mol. The molecule has 4 aromatic rings. The van der Waals surface area contributed by atoms with Crippen LogP contribution in [0.3, 0.4) is 0 Å². The number of H-pyrrole nitrogens is 1. The lowest BCUT2D eigenvalue weighted by atomic mass is 9.83. The van der Waals surface area contributed by atoms with Crippen LogP contribution < -0.4 is 24.6 Å². The second-order valence-corrected chi connectivity index (χ2v) is 12.0. The minimum Gasteiger partial charge on any atom is -0.508 e. The van der Waals surface area contributed by atoms with Gasteiger partial charge in [-0.2, -0.15) is 0 Å². The van der Waals surface area contributed by atoms with E-state index >= 15 is 0 Å². The first kappa shape index (κ1) is 28.9. The molecule has 6 rings (SSSR count). The smallest absolute Gasteiger partial charge is 0.305 e. The molecule has 3 aromatic carbocycles. The van der Waals surface area contributed by atoms with Crippen LogP contribution in [0.1, 0.15) is 16.4 Å². The van der Waals surface area contributed by atoms with Crippen molar-refractivity contribution >= 4 is 57.9 Å². The maximum Gasteiger partial charge on any atom is 0.305 e. The summed E-state index contributed by atoms with van der Waals surface area (Å²) in [4.78, 5) is 66.9. The highest BCUT2D eigenvalue weighted by atomic mass is 32.2. The molecule has 15 heteroatoms. The fraction of sp³-hybridized carbons (Fsp3) is 0.172. The van der Waals surface area contributed by atoms with E-state index in [1.165, 1.54) is 43.5 Å². The average Bonchev–Trinajstić information content (AvgIpc) is 3.51. The lowest BCUT2D eigenvalue weighted by Gasteiger charge is -2.30. The first-order valence-electron chi connectivity index (χ1n) is 13.1. The van der Waals surface area contributed by atoms with Crippen molar-refractivity contribution in [1.82, 2.24) is 4.98 Å². The van der Waals surface area contributed by atoms with E-state index < -0.39 is 39.7 Å². The second-order valence-electron chi connectivity index (χ2n) is 9.83. The van der Waals surface area contributed by atoms with E-state index in [1.807, 2.05) is 0 Å². The quantitative estimate of drug-likeness (QED) is 0.111. The molecule has 0 spiro atoms. The number of non-ortho nitro benzene ring substituents is 1. The Labute approximate surface area is 256 Å². The van der Waals surface area contributed by atoms with Crippen molar-refractivity contribution in [2.45, 2.75) is 16.2 Å². The minimum atomic E-state index is -0.880. The van der Waals surface area contributed by atoms with Crippen molar-refractivity contribution in [3.8, 4) is 17.2 Å². The number of phenolic OH excluding ortho intramolecular Hbond substituents is 1. The van der Waals surface area contributed by atoms with Crippen LogP contribution in [0.5, 0.6) is 17.2 Å². The summed E-state index contributed by atoms with van der Waals surface area (Å²) in [7, 11) is 1.42. The number of benzene rings is 3. The van der Waals surface area contributed by atoms with Gasteiger partial charge in [-0.3, -0.25) is 29.3 Å². The molecule has 13 nitrogen and oxygen atoms in total. The third-order valence-corrected chi connectivity index (χ3v) is 9.60. The van der Waals surface area contributed by atoms with Gasteiger partial charge in [-0.05, 0) is 54.1 Å². The van der Waals surface area contributed by atoms with Gasteiger partial charge in [-0.15, -0.1) is 0 Å². The van der Waals surface area contributed by atoms with Crippen LogP contribution in [-0.4, -0.2) is 51.7 Å². The van der Waals surface area contributed by atoms with Crippen LogP contribution in [0.4, 0.5) is 17.1 Å². The number of amides is 3. The maximum atomic E-state index is 13.9. The SMILES string of the molecule is COc1cc(C2c3sc(=O)[nH]c3SC3C(=O)N(c4ccc([N+](=O)[O-])cc4)C(=O)C32)ccc1OCC(=O)Nc1ccc(O)cc1. The molecule has 3 unspecified atom stereocenters. The standard InChI is InChI=1S/C29H22N4O9S2/c1-41-20-12-14(2-11-19(20)42-13-21(35)30-15-3-9-18(34)10-4-15)22-23-25(43-26-24(22)44-29(38)31-26)28(37)32(27(23)36)16-5-7-17(8-6-16)33(39)40/h2-12,22-23,25,34H,13H2,1H3,(H,30,35)(H,31,38). The number of methoxy groups -OCH3 is 1. The average molecular weight is 635 g/mol. The first-order valence-corrected chi connectivity index (χ1v) is 14.8. The molecule has 1 aromatic heterocycles. The third-order valence-electron chi connectivity index (χ3n) is 7.20. The van der Waals surface area contributed by atoms with Gasteiger partial charge in [0.1, 0.15) is 11.0 Å². The van der Waals surface area contributed by atoms with E-state index in [4.69, 9.17) is 9.47 Å². The monoisotopic (exact) mass is 634 g/mol. The number of ether oxygens (including phenoxy) is 2. The Morgan fingerprint density at radius 2 is 1.77 bits per heavy atom. The number of imide groups is 1. The second kappa shape index (κ2) is 11.5. The van der Waals surface area contributed by atoms with E-state index in [2.05, 4.69) is 10.3 Å². The number of nitrogens with zero attached hydrogens (tertiary/aromatic N) is 2. The van der Waals surface area contributed by atoms with Crippen LogP contribution in [-0.2, 0) is 14.4 Å². The number of aromatic nitrogens is 1. The Bertz CT molecular complexity index is 1850. The van der Waals surface area contributed by atoms with Gasteiger partial charge in [0.25, 0.3) is 11.6 Å². The molecule has 1 fully saturated rings. The molecule has 0 bridgehead atoms. The number of thioether (sulfide) groups is 1. The number of rotatable bonds is 8. The lowest BCUT2D eigenvalue weighted by molar-refractivity contribution is -0.384. The zero-order valence-electron chi connectivity index (χ0n) is 22.7. The molecule has 3 N–H and O–H groups in total. The molecule has 0 aliphatic carbocycles. The Morgan fingerprint density at radius 3 is 2.45 bits per heavy atom. The third kappa shape index (κ3) is 5.26. The molecular weight excluding hydrogens is 612 g/mol. The number of nitrogens with one attached hydrogen (secondary N) is 2. The zero-order valence-corrected chi connectivity index (χ0v) is 24.3. The largest absolute Gasteiger partial charge is 0.508 e. The number of carbonyl (C=O) groups is 3. The van der Waals surface area contributed by atoms with Gasteiger partial charge in [-0.25, -0.2) is 4.90 Å². The maximum absolute atomic E-state index is 13.9. The topological polar surface area (TPSA) is 181 Å². The van der Waals surface area contributed by atoms with Gasteiger partial charge in [0, 0.05) is 28.6 Å². The number of aromatic amines is 1. The number of fused-ring (bicyclic) bond motifs is 2. The normalized spacial score (nSPS) is 18.8. The molecule has 0 saturated carbocycles. The lowest BCUT2D eigenvalue weighted by Crippen LogP contribution is -2.32. The van der Waals surface area contributed by atoms with Crippen LogP contribution in [0.2, 0.25) is 0 Å². The Balaban J connectivity index is 1.29.